The molecule has 6 rings (SSSR count). The Morgan fingerprint density at radius 2 is 0.978 bits per heavy atom. The fourth-order valence-corrected chi connectivity index (χ4v) is 7.53. The van der Waals surface area contributed by atoms with Gasteiger partial charge in [0.15, 0.2) is 0 Å². The number of hydrogen-bond donors (Lipinski definition) is 3. The van der Waals surface area contributed by atoms with Crippen LogP contribution in [0.4, 0.5) is 17.1 Å². The fraction of sp³-hybridized carbons (Fsp3) is 0.526. The maximum absolute atomic E-state index is 6.12. The second kappa shape index (κ2) is 12.2. The summed E-state index contributed by atoms with van der Waals surface area (Å²) in [6.07, 6.45) is 3.09. The minimum atomic E-state index is -0.0852. The summed E-state index contributed by atoms with van der Waals surface area (Å²) in [5.74, 6) is 3.16. The van der Waals surface area contributed by atoms with Crippen molar-refractivity contribution in [3.05, 3.63) is 61.2 Å². The number of nitrogen functional groups attached to an aromatic ring is 3. The molecule has 6 nitrogen and oxygen atoms in total. The smallest absolute Gasteiger partial charge is 0.146 e. The molecule has 6 N–H and O–H groups in total. The van der Waals surface area contributed by atoms with Crippen molar-refractivity contribution in [1.82, 2.24) is 0 Å². The molecule has 1 atom stereocenters. The topological polar surface area (TPSA) is 106 Å². The van der Waals surface area contributed by atoms with Crippen LogP contribution in [0.25, 0.3) is 0 Å². The molecule has 0 fully saturated rings. The average Bonchev–Trinajstić information content (AvgIpc) is 3.54. The molecule has 0 aliphatic carbocycles. The number of rotatable bonds is 0. The number of nitrogens with two attached hydrogens (primary N) is 3. The second-order valence-electron chi connectivity index (χ2n) is 14.3. The number of ether oxygens (including phenoxy) is 3. The van der Waals surface area contributed by atoms with Crippen LogP contribution in [0.5, 0.6) is 17.2 Å². The van der Waals surface area contributed by atoms with E-state index in [9.17, 15) is 0 Å². The average molecular weight is 634 g/mol. The van der Waals surface area contributed by atoms with Crippen molar-refractivity contribution in [3.8, 4) is 17.2 Å². The highest BCUT2D eigenvalue weighted by atomic mass is 32.2. The SMILES string of the molecule is Cc1c(C)c2c(c(C)c1N)CC(C)(C)O2.Cc1c(C)c2c(c(C)c1N)CCC(C)(C)O2.Cc1c(C)c2c(c(C)c1N)SC(C)O2. The van der Waals surface area contributed by atoms with Crippen LogP contribution in [0.2, 0.25) is 0 Å². The number of benzene rings is 3. The van der Waals surface area contributed by atoms with Gasteiger partial charge < -0.3 is 31.4 Å². The predicted octanol–water partition coefficient (Wildman–Crippen LogP) is 9.23. The fourth-order valence-electron chi connectivity index (χ4n) is 6.46. The Labute approximate surface area is 275 Å². The molecule has 0 amide bonds. The van der Waals surface area contributed by atoms with Crippen LogP contribution in [0.1, 0.15) is 102 Å². The summed E-state index contributed by atoms with van der Waals surface area (Å²) in [7, 11) is 0. The first-order chi connectivity index (χ1) is 20.7. The molecule has 0 bridgehead atoms. The molecule has 246 valence electrons. The summed E-state index contributed by atoms with van der Waals surface area (Å²) in [5, 5.41) is 0. The van der Waals surface area contributed by atoms with E-state index in [1.807, 2.05) is 0 Å². The van der Waals surface area contributed by atoms with Crippen LogP contribution in [0, 0.1) is 62.3 Å². The molecule has 3 aromatic carbocycles. The van der Waals surface area contributed by atoms with Crippen molar-refractivity contribution in [2.45, 2.75) is 138 Å². The molecule has 45 heavy (non-hydrogen) atoms. The van der Waals surface area contributed by atoms with Crippen molar-refractivity contribution in [1.29, 1.82) is 0 Å². The Balaban J connectivity index is 0.000000154. The number of thioether (sulfide) groups is 1. The van der Waals surface area contributed by atoms with E-state index in [0.29, 0.717) is 0 Å². The highest BCUT2D eigenvalue weighted by Gasteiger charge is 2.34. The molecular weight excluding hydrogens is 579 g/mol. The summed E-state index contributed by atoms with van der Waals surface area (Å²) in [4.78, 5) is 1.22. The highest BCUT2D eigenvalue weighted by molar-refractivity contribution is 8.00. The van der Waals surface area contributed by atoms with Crippen molar-refractivity contribution < 1.29 is 14.2 Å². The van der Waals surface area contributed by atoms with E-state index in [4.69, 9.17) is 31.4 Å². The lowest BCUT2D eigenvalue weighted by Gasteiger charge is -2.35. The number of fused-ring (bicyclic) bond motifs is 3. The Bertz CT molecular complexity index is 1600. The summed E-state index contributed by atoms with van der Waals surface area (Å²) in [6.45, 7) is 29.3. The van der Waals surface area contributed by atoms with Crippen LogP contribution in [-0.2, 0) is 12.8 Å². The van der Waals surface area contributed by atoms with Crippen molar-refractivity contribution in [3.63, 3.8) is 0 Å². The van der Waals surface area contributed by atoms with Crippen molar-refractivity contribution in [2.24, 2.45) is 0 Å². The van der Waals surface area contributed by atoms with Gasteiger partial charge in [-0.2, -0.15) is 0 Å². The van der Waals surface area contributed by atoms with Gasteiger partial charge in [0.1, 0.15) is 33.9 Å². The zero-order valence-corrected chi connectivity index (χ0v) is 30.9. The quantitative estimate of drug-likeness (QED) is 0.212. The molecule has 3 aliphatic heterocycles. The molecule has 3 aliphatic rings. The Hall–Kier alpha value is -3.19. The summed E-state index contributed by atoms with van der Waals surface area (Å²) in [5.41, 5.74) is 34.3. The molecule has 0 saturated heterocycles. The Morgan fingerprint density at radius 1 is 0.556 bits per heavy atom. The van der Waals surface area contributed by atoms with Crippen LogP contribution in [0.15, 0.2) is 4.90 Å². The normalized spacial score (nSPS) is 18.1. The molecule has 0 radical (unpaired) electrons. The van der Waals surface area contributed by atoms with Gasteiger partial charge in [-0.1, -0.05) is 11.8 Å². The van der Waals surface area contributed by atoms with Gasteiger partial charge in [0, 0.05) is 29.0 Å². The Kier molecular flexibility index (Phi) is 9.40. The molecule has 3 heterocycles. The maximum Gasteiger partial charge on any atom is 0.146 e. The first-order valence-corrected chi connectivity index (χ1v) is 16.9. The predicted molar refractivity (Wildman–Crippen MR) is 193 cm³/mol. The third kappa shape index (κ3) is 6.43. The second-order valence-corrected chi connectivity index (χ2v) is 15.7. The standard InChI is InChI=1S/C14H21NO.C13H19NO.C11H15NOS/c1-8-9(2)13-11(10(3)12(8)15)6-7-14(4,5)16-13;1-7-8(2)12-10(9(3)11(7)14)6-13(4,5)15-12;1-5-6(2)10-11(7(3)9(5)12)14-8(4)13-10/h6-7,15H2,1-5H3;6,14H2,1-5H3;8H,12H2,1-4H3. The third-order valence-electron chi connectivity index (χ3n) is 10.0. The zero-order valence-electron chi connectivity index (χ0n) is 30.1. The van der Waals surface area contributed by atoms with E-state index in [-0.39, 0.29) is 16.6 Å². The van der Waals surface area contributed by atoms with Gasteiger partial charge in [-0.15, -0.1) is 0 Å². The van der Waals surface area contributed by atoms with Gasteiger partial charge in [-0.25, -0.2) is 0 Å². The van der Waals surface area contributed by atoms with Crippen LogP contribution in [0.3, 0.4) is 0 Å². The summed E-state index contributed by atoms with van der Waals surface area (Å²) < 4.78 is 17.9. The first kappa shape index (κ1) is 34.7. The van der Waals surface area contributed by atoms with Gasteiger partial charge in [0.05, 0.1) is 4.90 Å². The zero-order chi connectivity index (χ0) is 33.9. The maximum atomic E-state index is 6.12. The number of hydrogen-bond acceptors (Lipinski definition) is 7. The van der Waals surface area contributed by atoms with Crippen molar-refractivity contribution >= 4 is 28.8 Å². The molecule has 3 aromatic rings. The van der Waals surface area contributed by atoms with Gasteiger partial charge in [0.2, 0.25) is 0 Å². The van der Waals surface area contributed by atoms with Gasteiger partial charge >= 0.3 is 0 Å². The molecule has 0 aromatic heterocycles. The van der Waals surface area contributed by atoms with Gasteiger partial charge in [0.25, 0.3) is 0 Å². The lowest BCUT2D eigenvalue weighted by molar-refractivity contribution is 0.0834. The van der Waals surface area contributed by atoms with Crippen LogP contribution < -0.4 is 31.4 Å². The lowest BCUT2D eigenvalue weighted by Crippen LogP contribution is -2.33. The molecule has 7 heteroatoms. The molecule has 0 spiro atoms. The number of anilines is 3. The lowest BCUT2D eigenvalue weighted by atomic mass is 9.87. The van der Waals surface area contributed by atoms with E-state index >= 15 is 0 Å². The van der Waals surface area contributed by atoms with E-state index in [0.717, 1.165) is 75.8 Å². The third-order valence-corrected chi connectivity index (χ3v) is 11.2. The largest absolute Gasteiger partial charge is 0.487 e. The van der Waals surface area contributed by atoms with E-state index in [2.05, 4.69) is 96.9 Å². The molecular formula is C38H55N3O3S. The van der Waals surface area contributed by atoms with E-state index in [1.54, 1.807) is 11.8 Å². The minimum absolute atomic E-state index is 0.0489. The highest BCUT2D eigenvalue weighted by Crippen LogP contribution is 2.48. The Morgan fingerprint density at radius 3 is 1.51 bits per heavy atom. The summed E-state index contributed by atoms with van der Waals surface area (Å²) in [6, 6.07) is 0. The van der Waals surface area contributed by atoms with E-state index < -0.39 is 0 Å². The van der Waals surface area contributed by atoms with Crippen LogP contribution in [-0.4, -0.2) is 16.6 Å². The molecule has 1 unspecified atom stereocenters. The van der Waals surface area contributed by atoms with Crippen molar-refractivity contribution in [2.75, 3.05) is 17.2 Å². The van der Waals surface area contributed by atoms with Gasteiger partial charge in [-0.3, -0.25) is 0 Å². The monoisotopic (exact) mass is 633 g/mol. The first-order valence-electron chi connectivity index (χ1n) is 16.1. The summed E-state index contributed by atoms with van der Waals surface area (Å²) >= 11 is 1.75. The van der Waals surface area contributed by atoms with Gasteiger partial charge in [-0.05, 0) is 165 Å². The minimum Gasteiger partial charge on any atom is -0.487 e. The van der Waals surface area contributed by atoms with Crippen LogP contribution >= 0.6 is 11.8 Å². The van der Waals surface area contributed by atoms with E-state index in [1.165, 1.54) is 43.8 Å². The molecule has 0 saturated carbocycles.